The zero-order valence-corrected chi connectivity index (χ0v) is 11.2. The summed E-state index contributed by atoms with van der Waals surface area (Å²) in [5.41, 5.74) is 4.33. The summed E-state index contributed by atoms with van der Waals surface area (Å²) in [6, 6.07) is 16.6. The van der Waals surface area contributed by atoms with Crippen molar-refractivity contribution in [1.82, 2.24) is 15.0 Å². The topological polar surface area (TPSA) is 34.0 Å². The molecule has 0 spiro atoms. The van der Waals surface area contributed by atoms with Crippen LogP contribution in [0.15, 0.2) is 48.5 Å². The number of para-hydroxylation sites is 1. The quantitative estimate of drug-likeness (QED) is 0.713. The Labute approximate surface area is 117 Å². The van der Waals surface area contributed by atoms with E-state index in [1.54, 1.807) is 0 Å². The first-order valence-electron chi connectivity index (χ1n) is 7.08. The molecule has 0 atom stereocenters. The molecule has 100 valence electrons. The van der Waals surface area contributed by atoms with Gasteiger partial charge in [0, 0.05) is 18.8 Å². The number of aromatic nitrogens is 3. The van der Waals surface area contributed by atoms with E-state index >= 15 is 0 Å². The van der Waals surface area contributed by atoms with Gasteiger partial charge in [0.2, 0.25) is 0 Å². The summed E-state index contributed by atoms with van der Waals surface area (Å²) in [5.74, 6) is 0. The molecule has 20 heavy (non-hydrogen) atoms. The van der Waals surface area contributed by atoms with Crippen molar-refractivity contribution in [3.8, 4) is 5.69 Å². The maximum absolute atomic E-state index is 4.25. The molecule has 1 aliphatic rings. The number of anilines is 1. The Morgan fingerprint density at radius 3 is 2.30 bits per heavy atom. The molecule has 4 heteroatoms. The lowest BCUT2D eigenvalue weighted by molar-refractivity contribution is 0.823. The average molecular weight is 264 g/mol. The molecule has 0 amide bonds. The van der Waals surface area contributed by atoms with Crippen molar-refractivity contribution in [3.63, 3.8) is 0 Å². The molecule has 4 nitrogen and oxygen atoms in total. The maximum atomic E-state index is 4.25. The summed E-state index contributed by atoms with van der Waals surface area (Å²) >= 11 is 0. The highest BCUT2D eigenvalue weighted by Gasteiger charge is 2.12. The Kier molecular flexibility index (Phi) is 2.66. The average Bonchev–Trinajstić information content (AvgIpc) is 3.17. The minimum Gasteiger partial charge on any atom is -0.372 e. The van der Waals surface area contributed by atoms with Crippen LogP contribution in [0, 0.1) is 0 Å². The predicted octanol–water partition coefficient (Wildman–Crippen LogP) is 3.02. The van der Waals surface area contributed by atoms with Crippen molar-refractivity contribution < 1.29 is 0 Å². The largest absolute Gasteiger partial charge is 0.372 e. The molecule has 1 aliphatic heterocycles. The Morgan fingerprint density at radius 1 is 0.800 bits per heavy atom. The highest BCUT2D eigenvalue weighted by atomic mass is 15.4. The third-order valence-corrected chi connectivity index (χ3v) is 3.92. The van der Waals surface area contributed by atoms with Crippen molar-refractivity contribution in [2.45, 2.75) is 12.8 Å². The molecule has 4 rings (SSSR count). The van der Waals surface area contributed by atoms with Crippen molar-refractivity contribution in [3.05, 3.63) is 48.5 Å². The molecule has 0 bridgehead atoms. The molecule has 0 saturated carbocycles. The number of nitrogens with zero attached hydrogens (tertiary/aromatic N) is 4. The van der Waals surface area contributed by atoms with Gasteiger partial charge in [-0.15, -0.1) is 5.10 Å². The lowest BCUT2D eigenvalue weighted by Gasteiger charge is -2.17. The Balaban J connectivity index is 1.71. The molecule has 1 aromatic heterocycles. The van der Waals surface area contributed by atoms with Crippen molar-refractivity contribution in [2.24, 2.45) is 0 Å². The summed E-state index contributed by atoms with van der Waals surface area (Å²) in [6.07, 6.45) is 2.60. The van der Waals surface area contributed by atoms with Crippen LogP contribution in [-0.4, -0.2) is 28.1 Å². The van der Waals surface area contributed by atoms with E-state index in [0.717, 1.165) is 16.7 Å². The van der Waals surface area contributed by atoms with Gasteiger partial charge in [0.05, 0.1) is 11.2 Å². The first-order chi connectivity index (χ1) is 9.92. The molecule has 0 unspecified atom stereocenters. The number of rotatable bonds is 2. The van der Waals surface area contributed by atoms with Gasteiger partial charge in [0.1, 0.15) is 5.52 Å². The van der Waals surface area contributed by atoms with Gasteiger partial charge in [-0.25, -0.2) is 4.68 Å². The SMILES string of the molecule is c1ccc2c(c1)nnn2-c1ccc(N2CCCC2)cc1. The van der Waals surface area contributed by atoms with Gasteiger partial charge < -0.3 is 4.90 Å². The summed E-state index contributed by atoms with van der Waals surface area (Å²) in [7, 11) is 0. The molecule has 1 fully saturated rings. The third-order valence-electron chi connectivity index (χ3n) is 3.92. The van der Waals surface area contributed by atoms with Crippen LogP contribution in [0.3, 0.4) is 0 Å². The zero-order valence-electron chi connectivity index (χ0n) is 11.2. The number of hydrogen-bond acceptors (Lipinski definition) is 3. The van der Waals surface area contributed by atoms with Gasteiger partial charge >= 0.3 is 0 Å². The first-order valence-corrected chi connectivity index (χ1v) is 7.08. The maximum Gasteiger partial charge on any atom is 0.113 e. The van der Waals surface area contributed by atoms with E-state index in [4.69, 9.17) is 0 Å². The first kappa shape index (κ1) is 11.5. The Morgan fingerprint density at radius 2 is 1.50 bits per heavy atom. The fourth-order valence-electron chi connectivity index (χ4n) is 2.84. The standard InChI is InChI=1S/C16H16N4/c1-2-6-16-15(5-1)17-18-20(16)14-9-7-13(8-10-14)19-11-3-4-12-19/h1-2,5-10H,3-4,11-12H2. The van der Waals surface area contributed by atoms with Crippen molar-refractivity contribution in [1.29, 1.82) is 0 Å². The van der Waals surface area contributed by atoms with Crippen LogP contribution in [0.1, 0.15) is 12.8 Å². The van der Waals surface area contributed by atoms with Crippen molar-refractivity contribution >= 4 is 16.7 Å². The van der Waals surface area contributed by atoms with E-state index in [9.17, 15) is 0 Å². The van der Waals surface area contributed by atoms with E-state index in [0.29, 0.717) is 0 Å². The van der Waals surface area contributed by atoms with Gasteiger partial charge in [-0.2, -0.15) is 0 Å². The highest BCUT2D eigenvalue weighted by molar-refractivity contribution is 5.76. The minimum absolute atomic E-state index is 0.927. The van der Waals surface area contributed by atoms with Crippen LogP contribution in [-0.2, 0) is 0 Å². The van der Waals surface area contributed by atoms with Gasteiger partial charge in [-0.1, -0.05) is 17.3 Å². The minimum atomic E-state index is 0.927. The summed E-state index contributed by atoms with van der Waals surface area (Å²) in [6.45, 7) is 2.34. The molecule has 0 radical (unpaired) electrons. The van der Waals surface area contributed by atoms with E-state index in [1.807, 2.05) is 28.9 Å². The number of benzene rings is 2. The highest BCUT2D eigenvalue weighted by Crippen LogP contribution is 2.22. The summed E-state index contributed by atoms with van der Waals surface area (Å²) in [4.78, 5) is 2.43. The summed E-state index contributed by atoms with van der Waals surface area (Å²) in [5, 5.41) is 8.44. The lowest BCUT2D eigenvalue weighted by Crippen LogP contribution is -2.17. The second kappa shape index (κ2) is 4.63. The molecule has 2 aromatic carbocycles. The lowest BCUT2D eigenvalue weighted by atomic mass is 10.2. The molecular formula is C16H16N4. The van der Waals surface area contributed by atoms with E-state index in [2.05, 4.69) is 39.5 Å². The Bertz CT molecular complexity index is 724. The Hall–Kier alpha value is -2.36. The van der Waals surface area contributed by atoms with E-state index < -0.39 is 0 Å². The second-order valence-electron chi connectivity index (χ2n) is 5.20. The van der Waals surface area contributed by atoms with Gasteiger partial charge in [0.25, 0.3) is 0 Å². The molecule has 1 saturated heterocycles. The van der Waals surface area contributed by atoms with Gasteiger partial charge in [0.15, 0.2) is 0 Å². The summed E-state index contributed by atoms with van der Waals surface area (Å²) < 4.78 is 1.89. The fourth-order valence-corrected chi connectivity index (χ4v) is 2.84. The number of hydrogen-bond donors (Lipinski definition) is 0. The third kappa shape index (κ3) is 1.84. The fraction of sp³-hybridized carbons (Fsp3) is 0.250. The van der Waals surface area contributed by atoms with E-state index in [1.165, 1.54) is 31.6 Å². The molecule has 0 aliphatic carbocycles. The van der Waals surface area contributed by atoms with Crippen LogP contribution < -0.4 is 4.90 Å². The van der Waals surface area contributed by atoms with Gasteiger partial charge in [-0.3, -0.25) is 0 Å². The van der Waals surface area contributed by atoms with E-state index in [-0.39, 0.29) is 0 Å². The molecule has 2 heterocycles. The van der Waals surface area contributed by atoms with Crippen LogP contribution in [0.4, 0.5) is 5.69 Å². The number of fused-ring (bicyclic) bond motifs is 1. The normalized spacial score (nSPS) is 15.1. The monoisotopic (exact) mass is 264 g/mol. The smallest absolute Gasteiger partial charge is 0.113 e. The predicted molar refractivity (Wildman–Crippen MR) is 80.3 cm³/mol. The zero-order chi connectivity index (χ0) is 13.4. The van der Waals surface area contributed by atoms with Gasteiger partial charge in [-0.05, 0) is 49.2 Å². The second-order valence-corrected chi connectivity index (χ2v) is 5.20. The van der Waals surface area contributed by atoms with Crippen molar-refractivity contribution in [2.75, 3.05) is 18.0 Å². The molecule has 0 N–H and O–H groups in total. The van der Waals surface area contributed by atoms with Crippen LogP contribution >= 0.6 is 0 Å². The van der Waals surface area contributed by atoms with Crippen LogP contribution in [0.2, 0.25) is 0 Å². The van der Waals surface area contributed by atoms with Crippen LogP contribution in [0.25, 0.3) is 16.7 Å². The van der Waals surface area contributed by atoms with Crippen LogP contribution in [0.5, 0.6) is 0 Å². The molecular weight excluding hydrogens is 248 g/mol. The molecule has 3 aromatic rings.